The van der Waals surface area contributed by atoms with Gasteiger partial charge in [0.05, 0.1) is 29.1 Å². The summed E-state index contributed by atoms with van der Waals surface area (Å²) in [6, 6.07) is 16.3. The van der Waals surface area contributed by atoms with E-state index in [0.29, 0.717) is 22.2 Å². The molecular formula is C18H16ClN3O2. The van der Waals surface area contributed by atoms with Gasteiger partial charge in [-0.1, -0.05) is 29.8 Å². The Bertz CT molecular complexity index is 875. The number of methoxy groups -OCH3 is 1. The molecule has 0 aliphatic heterocycles. The fourth-order valence-electron chi connectivity index (χ4n) is 2.35. The van der Waals surface area contributed by atoms with Gasteiger partial charge in [-0.2, -0.15) is 5.10 Å². The van der Waals surface area contributed by atoms with Crippen molar-refractivity contribution >= 4 is 23.3 Å². The molecule has 0 radical (unpaired) electrons. The van der Waals surface area contributed by atoms with E-state index in [9.17, 15) is 4.79 Å². The van der Waals surface area contributed by atoms with Crippen LogP contribution in [0.2, 0.25) is 5.02 Å². The molecule has 0 bridgehead atoms. The lowest BCUT2D eigenvalue weighted by molar-refractivity contribution is 0.102. The van der Waals surface area contributed by atoms with E-state index in [1.54, 1.807) is 30.0 Å². The minimum atomic E-state index is -0.306. The maximum atomic E-state index is 12.5. The summed E-state index contributed by atoms with van der Waals surface area (Å²) in [6.45, 7) is 1.87. The van der Waals surface area contributed by atoms with E-state index in [4.69, 9.17) is 16.3 Å². The minimum absolute atomic E-state index is 0.306. The Morgan fingerprint density at radius 1 is 1.17 bits per heavy atom. The van der Waals surface area contributed by atoms with E-state index >= 15 is 0 Å². The molecule has 1 heterocycles. The summed E-state index contributed by atoms with van der Waals surface area (Å²) in [5.41, 5.74) is 2.03. The summed E-state index contributed by atoms with van der Waals surface area (Å²) in [5.74, 6) is 0.872. The van der Waals surface area contributed by atoms with E-state index in [1.165, 1.54) is 0 Å². The third-order valence-corrected chi connectivity index (χ3v) is 3.81. The number of carbonyl (C=O) groups excluding carboxylic acids is 1. The van der Waals surface area contributed by atoms with Gasteiger partial charge >= 0.3 is 0 Å². The fraction of sp³-hybridized carbons (Fsp3) is 0.111. The first-order valence-corrected chi connectivity index (χ1v) is 7.73. The highest BCUT2D eigenvalue weighted by Crippen LogP contribution is 2.24. The SMILES string of the molecule is COc1ccc(C(=O)Nc2cc(C)nn2-c2ccccc2)c(Cl)c1. The summed E-state index contributed by atoms with van der Waals surface area (Å²) in [5, 5.41) is 7.62. The van der Waals surface area contributed by atoms with Gasteiger partial charge in [0.15, 0.2) is 0 Å². The molecule has 0 unspecified atom stereocenters. The maximum absolute atomic E-state index is 12.5. The third-order valence-electron chi connectivity index (χ3n) is 3.49. The second-order valence-electron chi connectivity index (χ2n) is 5.22. The van der Waals surface area contributed by atoms with Gasteiger partial charge in [0, 0.05) is 6.07 Å². The zero-order chi connectivity index (χ0) is 17.1. The van der Waals surface area contributed by atoms with Crippen LogP contribution in [0.5, 0.6) is 5.75 Å². The van der Waals surface area contributed by atoms with Crippen LogP contribution >= 0.6 is 11.6 Å². The van der Waals surface area contributed by atoms with Crippen LogP contribution in [-0.4, -0.2) is 22.8 Å². The first kappa shape index (κ1) is 16.1. The van der Waals surface area contributed by atoms with Gasteiger partial charge in [-0.05, 0) is 37.3 Å². The highest BCUT2D eigenvalue weighted by atomic mass is 35.5. The van der Waals surface area contributed by atoms with Crippen molar-refractivity contribution in [2.75, 3.05) is 12.4 Å². The Balaban J connectivity index is 1.90. The van der Waals surface area contributed by atoms with Crippen LogP contribution < -0.4 is 10.1 Å². The molecule has 0 atom stereocenters. The number of benzene rings is 2. The van der Waals surface area contributed by atoms with Crippen molar-refractivity contribution in [1.82, 2.24) is 9.78 Å². The Morgan fingerprint density at radius 3 is 2.58 bits per heavy atom. The van der Waals surface area contributed by atoms with Crippen LogP contribution in [0.15, 0.2) is 54.6 Å². The van der Waals surface area contributed by atoms with Crippen molar-refractivity contribution in [2.45, 2.75) is 6.92 Å². The maximum Gasteiger partial charge on any atom is 0.258 e. The molecule has 5 nitrogen and oxygen atoms in total. The Morgan fingerprint density at radius 2 is 1.92 bits per heavy atom. The number of nitrogens with one attached hydrogen (secondary N) is 1. The van der Waals surface area contributed by atoms with Crippen LogP contribution in [-0.2, 0) is 0 Å². The lowest BCUT2D eigenvalue weighted by atomic mass is 10.2. The lowest BCUT2D eigenvalue weighted by Crippen LogP contribution is -2.15. The molecule has 122 valence electrons. The summed E-state index contributed by atoms with van der Waals surface area (Å²) < 4.78 is 6.78. The summed E-state index contributed by atoms with van der Waals surface area (Å²) in [7, 11) is 1.55. The second-order valence-corrected chi connectivity index (χ2v) is 5.63. The number of halogens is 1. The average molecular weight is 342 g/mol. The number of hydrogen-bond acceptors (Lipinski definition) is 3. The quantitative estimate of drug-likeness (QED) is 0.777. The van der Waals surface area contributed by atoms with E-state index in [2.05, 4.69) is 10.4 Å². The monoisotopic (exact) mass is 341 g/mol. The molecule has 0 aliphatic rings. The number of carbonyl (C=O) groups is 1. The molecule has 3 rings (SSSR count). The average Bonchev–Trinajstić information content (AvgIpc) is 2.95. The number of amides is 1. The molecule has 0 spiro atoms. The molecule has 0 fully saturated rings. The number of hydrogen-bond donors (Lipinski definition) is 1. The van der Waals surface area contributed by atoms with E-state index in [1.807, 2.05) is 43.3 Å². The van der Waals surface area contributed by atoms with Crippen molar-refractivity contribution < 1.29 is 9.53 Å². The summed E-state index contributed by atoms with van der Waals surface area (Å²) >= 11 is 6.17. The number of para-hydroxylation sites is 1. The molecule has 1 N–H and O–H groups in total. The zero-order valence-corrected chi connectivity index (χ0v) is 14.0. The molecule has 2 aromatic carbocycles. The van der Waals surface area contributed by atoms with Gasteiger partial charge in [0.25, 0.3) is 5.91 Å². The Kier molecular flexibility index (Phi) is 4.53. The van der Waals surface area contributed by atoms with Gasteiger partial charge in [-0.25, -0.2) is 4.68 Å². The number of aromatic nitrogens is 2. The van der Waals surface area contributed by atoms with Gasteiger partial charge < -0.3 is 10.1 Å². The van der Waals surface area contributed by atoms with Gasteiger partial charge in [-0.15, -0.1) is 0 Å². The van der Waals surface area contributed by atoms with Crippen LogP contribution in [0.1, 0.15) is 16.1 Å². The van der Waals surface area contributed by atoms with Crippen LogP contribution in [0, 0.1) is 6.92 Å². The first-order valence-electron chi connectivity index (χ1n) is 7.35. The van der Waals surface area contributed by atoms with Gasteiger partial charge in [0.2, 0.25) is 0 Å². The topological polar surface area (TPSA) is 56.1 Å². The Labute approximate surface area is 144 Å². The fourth-order valence-corrected chi connectivity index (χ4v) is 2.60. The zero-order valence-electron chi connectivity index (χ0n) is 13.3. The third kappa shape index (κ3) is 3.26. The number of rotatable bonds is 4. The van der Waals surface area contributed by atoms with Crippen molar-refractivity contribution in [3.05, 3.63) is 70.9 Å². The normalized spacial score (nSPS) is 10.5. The van der Waals surface area contributed by atoms with Crippen molar-refractivity contribution in [1.29, 1.82) is 0 Å². The smallest absolute Gasteiger partial charge is 0.258 e. The van der Waals surface area contributed by atoms with Crippen LogP contribution in [0.25, 0.3) is 5.69 Å². The second kappa shape index (κ2) is 6.76. The molecule has 0 aliphatic carbocycles. The van der Waals surface area contributed by atoms with E-state index < -0.39 is 0 Å². The van der Waals surface area contributed by atoms with Crippen molar-refractivity contribution in [3.63, 3.8) is 0 Å². The summed E-state index contributed by atoms with van der Waals surface area (Å²) in [4.78, 5) is 12.5. The molecule has 24 heavy (non-hydrogen) atoms. The summed E-state index contributed by atoms with van der Waals surface area (Å²) in [6.07, 6.45) is 0. The Hall–Kier alpha value is -2.79. The highest BCUT2D eigenvalue weighted by Gasteiger charge is 2.15. The molecule has 6 heteroatoms. The van der Waals surface area contributed by atoms with Crippen LogP contribution in [0.4, 0.5) is 5.82 Å². The molecule has 0 saturated carbocycles. The lowest BCUT2D eigenvalue weighted by Gasteiger charge is -2.10. The minimum Gasteiger partial charge on any atom is -0.497 e. The number of anilines is 1. The standard InChI is InChI=1S/C18H16ClN3O2/c1-12-10-17(22(21-12)13-6-4-3-5-7-13)20-18(23)15-9-8-14(24-2)11-16(15)19/h3-11H,1-2H3,(H,20,23). The van der Waals surface area contributed by atoms with E-state index in [0.717, 1.165) is 11.4 Å². The molecule has 1 aromatic heterocycles. The molecule has 1 amide bonds. The predicted molar refractivity (Wildman–Crippen MR) is 94.3 cm³/mol. The molecule has 0 saturated heterocycles. The van der Waals surface area contributed by atoms with E-state index in [-0.39, 0.29) is 5.91 Å². The van der Waals surface area contributed by atoms with Gasteiger partial charge in [0.1, 0.15) is 11.6 Å². The number of ether oxygens (including phenoxy) is 1. The van der Waals surface area contributed by atoms with Crippen molar-refractivity contribution in [2.24, 2.45) is 0 Å². The number of aryl methyl sites for hydroxylation is 1. The largest absolute Gasteiger partial charge is 0.497 e. The van der Waals surface area contributed by atoms with Crippen LogP contribution in [0.3, 0.4) is 0 Å². The highest BCUT2D eigenvalue weighted by molar-refractivity contribution is 6.34. The molecular weight excluding hydrogens is 326 g/mol. The van der Waals surface area contributed by atoms with Crippen molar-refractivity contribution in [3.8, 4) is 11.4 Å². The predicted octanol–water partition coefficient (Wildman–Crippen LogP) is 4.10. The first-order chi connectivity index (χ1) is 11.6. The molecule has 3 aromatic rings. The number of nitrogens with zero attached hydrogens (tertiary/aromatic N) is 2. The van der Waals surface area contributed by atoms with Gasteiger partial charge in [-0.3, -0.25) is 4.79 Å².